The smallest absolute Gasteiger partial charge is 0.223 e. The molecule has 4 nitrogen and oxygen atoms in total. The predicted octanol–water partition coefficient (Wildman–Crippen LogP) is 3.19. The van der Waals surface area contributed by atoms with Crippen molar-refractivity contribution in [2.75, 3.05) is 40.3 Å². The van der Waals surface area contributed by atoms with E-state index < -0.39 is 0 Å². The van der Waals surface area contributed by atoms with Gasteiger partial charge in [0, 0.05) is 44.7 Å². The molecule has 26 heavy (non-hydrogen) atoms. The minimum absolute atomic E-state index is 0.153. The van der Waals surface area contributed by atoms with Gasteiger partial charge >= 0.3 is 0 Å². The van der Waals surface area contributed by atoms with Crippen molar-refractivity contribution in [2.45, 2.75) is 51.6 Å². The number of benzene rings is 1. The Balaban J connectivity index is 1.96. The third-order valence-corrected chi connectivity index (χ3v) is 5.51. The van der Waals surface area contributed by atoms with Crippen molar-refractivity contribution < 1.29 is 9.18 Å². The van der Waals surface area contributed by atoms with Crippen molar-refractivity contribution in [3.63, 3.8) is 0 Å². The van der Waals surface area contributed by atoms with Gasteiger partial charge in [-0.25, -0.2) is 4.39 Å². The average Bonchev–Trinajstić information content (AvgIpc) is 2.59. The lowest BCUT2D eigenvalue weighted by Crippen LogP contribution is -2.59. The molecule has 5 heteroatoms. The van der Waals surface area contributed by atoms with Crippen molar-refractivity contribution in [1.82, 2.24) is 14.7 Å². The third kappa shape index (κ3) is 5.52. The maximum Gasteiger partial charge on any atom is 0.223 e. The van der Waals surface area contributed by atoms with Gasteiger partial charge in [0.05, 0.1) is 0 Å². The van der Waals surface area contributed by atoms with Crippen LogP contribution < -0.4 is 0 Å². The lowest BCUT2D eigenvalue weighted by Gasteiger charge is -2.45. The number of nitrogens with zero attached hydrogens (tertiary/aromatic N) is 3. The van der Waals surface area contributed by atoms with Crippen LogP contribution in [0.1, 0.15) is 45.1 Å². The minimum Gasteiger partial charge on any atom is -0.340 e. The number of hydrogen-bond acceptors (Lipinski definition) is 3. The number of halogens is 1. The summed E-state index contributed by atoms with van der Waals surface area (Å²) in [5, 5.41) is 0. The van der Waals surface area contributed by atoms with E-state index in [-0.39, 0.29) is 17.6 Å². The summed E-state index contributed by atoms with van der Waals surface area (Å²) < 4.78 is 13.2. The van der Waals surface area contributed by atoms with Gasteiger partial charge in [-0.05, 0) is 58.0 Å². The Hall–Kier alpha value is -1.46. The van der Waals surface area contributed by atoms with Crippen LogP contribution >= 0.6 is 0 Å². The second kappa shape index (κ2) is 9.47. The van der Waals surface area contributed by atoms with E-state index in [1.54, 1.807) is 12.1 Å². The van der Waals surface area contributed by atoms with Gasteiger partial charge in [-0.1, -0.05) is 19.1 Å². The Morgan fingerprint density at radius 3 is 2.27 bits per heavy atom. The molecule has 3 atom stereocenters. The van der Waals surface area contributed by atoms with E-state index in [9.17, 15) is 9.18 Å². The van der Waals surface area contributed by atoms with Crippen LogP contribution in [-0.2, 0) is 4.79 Å². The van der Waals surface area contributed by atoms with E-state index in [1.807, 2.05) is 4.90 Å². The maximum atomic E-state index is 13.2. The summed E-state index contributed by atoms with van der Waals surface area (Å²) in [7, 11) is 4.19. The molecule has 0 bridgehead atoms. The van der Waals surface area contributed by atoms with Crippen molar-refractivity contribution in [1.29, 1.82) is 0 Å². The first-order valence-electron chi connectivity index (χ1n) is 9.75. The van der Waals surface area contributed by atoms with Crippen LogP contribution in [0.3, 0.4) is 0 Å². The predicted molar refractivity (Wildman–Crippen MR) is 105 cm³/mol. The molecule has 146 valence electrons. The van der Waals surface area contributed by atoms with Crippen molar-refractivity contribution in [3.8, 4) is 0 Å². The quantitative estimate of drug-likeness (QED) is 0.744. The van der Waals surface area contributed by atoms with Crippen LogP contribution in [0, 0.1) is 5.82 Å². The Labute approximate surface area is 158 Å². The molecule has 3 unspecified atom stereocenters. The first-order chi connectivity index (χ1) is 12.3. The standard InChI is InChI=1S/C21H34FN3O/c1-6-18(19-7-9-20(22)10-8-19)13-21(26)24-14-16(2)25(17(3)15-24)12-11-23(4)5/h7-10,16-18H,6,11-15H2,1-5H3. The fourth-order valence-electron chi connectivity index (χ4n) is 3.89. The van der Waals surface area contributed by atoms with Gasteiger partial charge in [-0.3, -0.25) is 9.69 Å². The summed E-state index contributed by atoms with van der Waals surface area (Å²) in [6, 6.07) is 7.32. The molecule has 1 aliphatic heterocycles. The monoisotopic (exact) mass is 363 g/mol. The number of amides is 1. The summed E-state index contributed by atoms with van der Waals surface area (Å²) >= 11 is 0. The summed E-state index contributed by atoms with van der Waals surface area (Å²) in [4.78, 5) is 19.6. The highest BCUT2D eigenvalue weighted by Crippen LogP contribution is 2.26. The number of carbonyl (C=O) groups excluding carboxylic acids is 1. The first kappa shape index (κ1) is 20.8. The summed E-state index contributed by atoms with van der Waals surface area (Å²) in [6.45, 7) is 10.2. The molecule has 1 fully saturated rings. The summed E-state index contributed by atoms with van der Waals surface area (Å²) in [5.41, 5.74) is 1.05. The SMILES string of the molecule is CCC(CC(=O)N1CC(C)N(CCN(C)C)C(C)C1)c1ccc(F)cc1. The lowest BCUT2D eigenvalue weighted by atomic mass is 9.92. The number of likely N-dealkylation sites (N-methyl/N-ethyl adjacent to an activating group) is 1. The summed E-state index contributed by atoms with van der Waals surface area (Å²) in [6.07, 6.45) is 1.38. The van der Waals surface area contributed by atoms with E-state index in [2.05, 4.69) is 44.7 Å². The molecule has 1 saturated heterocycles. The molecule has 1 amide bonds. The molecule has 0 spiro atoms. The molecule has 1 aromatic rings. The van der Waals surface area contributed by atoms with E-state index in [1.165, 1.54) is 12.1 Å². The van der Waals surface area contributed by atoms with Gasteiger partial charge in [0.2, 0.25) is 5.91 Å². The van der Waals surface area contributed by atoms with Crippen molar-refractivity contribution in [3.05, 3.63) is 35.6 Å². The zero-order valence-electron chi connectivity index (χ0n) is 16.9. The van der Waals surface area contributed by atoms with Crippen molar-refractivity contribution >= 4 is 5.91 Å². The Bertz CT molecular complexity index is 563. The molecule has 0 aromatic heterocycles. The molecule has 1 aliphatic rings. The van der Waals surface area contributed by atoms with Gasteiger partial charge in [0.1, 0.15) is 5.82 Å². The fourth-order valence-corrected chi connectivity index (χ4v) is 3.89. The zero-order chi connectivity index (χ0) is 19.3. The number of piperazine rings is 1. The number of rotatable bonds is 7. The van der Waals surface area contributed by atoms with Crippen LogP contribution in [0.4, 0.5) is 4.39 Å². The molecule has 0 aliphatic carbocycles. The molecule has 2 rings (SSSR count). The fraction of sp³-hybridized carbons (Fsp3) is 0.667. The lowest BCUT2D eigenvalue weighted by molar-refractivity contribution is -0.136. The molecule has 0 saturated carbocycles. The summed E-state index contributed by atoms with van der Waals surface area (Å²) in [5.74, 6) is 0.138. The molecular formula is C21H34FN3O. The van der Waals surface area contributed by atoms with Gasteiger partial charge in [-0.15, -0.1) is 0 Å². The number of hydrogen-bond donors (Lipinski definition) is 0. The van der Waals surface area contributed by atoms with Gasteiger partial charge in [0.15, 0.2) is 0 Å². The normalized spacial score (nSPS) is 22.7. The van der Waals surface area contributed by atoms with Crippen LogP contribution in [0.15, 0.2) is 24.3 Å². The minimum atomic E-state index is -0.230. The van der Waals surface area contributed by atoms with Crippen LogP contribution in [-0.4, -0.2) is 73.0 Å². The molecule has 0 N–H and O–H groups in total. The molecular weight excluding hydrogens is 329 g/mol. The molecule has 0 radical (unpaired) electrons. The van der Waals surface area contributed by atoms with Gasteiger partial charge < -0.3 is 9.80 Å². The third-order valence-electron chi connectivity index (χ3n) is 5.51. The van der Waals surface area contributed by atoms with Crippen LogP contribution in [0.5, 0.6) is 0 Å². The van der Waals surface area contributed by atoms with Crippen molar-refractivity contribution in [2.24, 2.45) is 0 Å². The number of carbonyl (C=O) groups is 1. The van der Waals surface area contributed by atoms with E-state index in [0.29, 0.717) is 18.5 Å². The Kier molecular flexibility index (Phi) is 7.59. The topological polar surface area (TPSA) is 26.8 Å². The van der Waals surface area contributed by atoms with Gasteiger partial charge in [0.25, 0.3) is 0 Å². The molecule has 1 heterocycles. The second-order valence-corrected chi connectivity index (χ2v) is 7.90. The first-order valence-corrected chi connectivity index (χ1v) is 9.75. The van der Waals surface area contributed by atoms with Crippen LogP contribution in [0.25, 0.3) is 0 Å². The second-order valence-electron chi connectivity index (χ2n) is 7.90. The van der Waals surface area contributed by atoms with E-state index in [0.717, 1.165) is 38.2 Å². The highest BCUT2D eigenvalue weighted by atomic mass is 19.1. The highest BCUT2D eigenvalue weighted by molar-refractivity contribution is 5.77. The molecule has 1 aromatic carbocycles. The van der Waals surface area contributed by atoms with Crippen LogP contribution in [0.2, 0.25) is 0 Å². The van der Waals surface area contributed by atoms with Gasteiger partial charge in [-0.2, -0.15) is 0 Å². The van der Waals surface area contributed by atoms with E-state index >= 15 is 0 Å². The highest BCUT2D eigenvalue weighted by Gasteiger charge is 2.32. The average molecular weight is 364 g/mol. The maximum absolute atomic E-state index is 13.2. The Morgan fingerprint density at radius 2 is 1.77 bits per heavy atom. The zero-order valence-corrected chi connectivity index (χ0v) is 16.9. The van der Waals surface area contributed by atoms with E-state index in [4.69, 9.17) is 0 Å². The largest absolute Gasteiger partial charge is 0.340 e. The Morgan fingerprint density at radius 1 is 1.19 bits per heavy atom.